The fourth-order valence-electron chi connectivity index (χ4n) is 1.76. The highest BCUT2D eigenvalue weighted by molar-refractivity contribution is 5.68. The number of unbranched alkanes of at least 4 members (excludes halogenated alkanes) is 1. The second-order valence-electron chi connectivity index (χ2n) is 5.93. The lowest BCUT2D eigenvalue weighted by molar-refractivity contribution is -0.140. The number of aliphatic hydroxyl groups is 1. The van der Waals surface area contributed by atoms with Crippen LogP contribution in [0.5, 0.6) is 0 Å². The number of aliphatic hydroxyl groups excluding tert-OH is 1. The van der Waals surface area contributed by atoms with Crippen molar-refractivity contribution in [1.82, 2.24) is 0 Å². The second-order valence-corrected chi connectivity index (χ2v) is 5.93. The van der Waals surface area contributed by atoms with Gasteiger partial charge in [0.25, 0.3) is 0 Å². The van der Waals surface area contributed by atoms with Gasteiger partial charge in [-0.1, -0.05) is 33.6 Å². The Morgan fingerprint density at radius 2 is 1.76 bits per heavy atom. The minimum atomic E-state index is -0.213. The first kappa shape index (κ1) is 16.4. The van der Waals surface area contributed by atoms with Crippen LogP contribution in [0.25, 0.3) is 0 Å². The number of hydrogen-bond acceptors (Lipinski definition) is 3. The maximum absolute atomic E-state index is 10.9. The minimum absolute atomic E-state index is 0.160. The summed E-state index contributed by atoms with van der Waals surface area (Å²) in [5, 5.41) is 9.75. The molecule has 0 rings (SSSR count). The van der Waals surface area contributed by atoms with Gasteiger partial charge in [-0.15, -0.1) is 0 Å². The van der Waals surface area contributed by atoms with E-state index in [1.165, 1.54) is 7.11 Å². The zero-order valence-corrected chi connectivity index (χ0v) is 11.8. The molecule has 0 heterocycles. The van der Waals surface area contributed by atoms with Crippen LogP contribution < -0.4 is 0 Å². The van der Waals surface area contributed by atoms with Gasteiger partial charge in [0, 0.05) is 6.42 Å². The SMILES string of the molecule is COC(=O)CCCC[C@@H](O)CCCC(C)(C)C. The van der Waals surface area contributed by atoms with Crippen LogP contribution in [0, 0.1) is 5.41 Å². The lowest BCUT2D eigenvalue weighted by atomic mass is 9.89. The average molecular weight is 244 g/mol. The summed E-state index contributed by atoms with van der Waals surface area (Å²) in [5.74, 6) is -0.160. The molecule has 0 aromatic carbocycles. The Kier molecular flexibility index (Phi) is 8.23. The summed E-state index contributed by atoms with van der Waals surface area (Å²) in [6.45, 7) is 6.65. The van der Waals surface area contributed by atoms with Crippen molar-refractivity contribution < 1.29 is 14.6 Å². The summed E-state index contributed by atoms with van der Waals surface area (Å²) < 4.78 is 4.56. The number of ether oxygens (including phenoxy) is 1. The van der Waals surface area contributed by atoms with Crippen LogP contribution in [0.1, 0.15) is 65.7 Å². The Morgan fingerprint density at radius 1 is 1.18 bits per heavy atom. The third-order valence-electron chi connectivity index (χ3n) is 2.86. The monoisotopic (exact) mass is 244 g/mol. The first-order chi connectivity index (χ1) is 7.85. The van der Waals surface area contributed by atoms with E-state index < -0.39 is 0 Å². The zero-order valence-electron chi connectivity index (χ0n) is 11.8. The van der Waals surface area contributed by atoms with Crippen molar-refractivity contribution in [2.24, 2.45) is 5.41 Å². The lowest BCUT2D eigenvalue weighted by Crippen LogP contribution is -2.10. The molecule has 3 heteroatoms. The van der Waals surface area contributed by atoms with Crippen molar-refractivity contribution >= 4 is 5.97 Å². The van der Waals surface area contributed by atoms with Gasteiger partial charge in [-0.25, -0.2) is 0 Å². The number of methoxy groups -OCH3 is 1. The molecule has 1 N–H and O–H groups in total. The van der Waals surface area contributed by atoms with E-state index >= 15 is 0 Å². The number of carbonyl (C=O) groups is 1. The van der Waals surface area contributed by atoms with Crippen LogP contribution in [0.15, 0.2) is 0 Å². The molecule has 0 aliphatic heterocycles. The van der Waals surface area contributed by atoms with E-state index in [1.54, 1.807) is 0 Å². The van der Waals surface area contributed by atoms with Crippen molar-refractivity contribution in [1.29, 1.82) is 0 Å². The van der Waals surface area contributed by atoms with Gasteiger partial charge in [-0.3, -0.25) is 4.79 Å². The molecule has 0 unspecified atom stereocenters. The molecule has 1 atom stereocenters. The summed E-state index contributed by atoms with van der Waals surface area (Å²) in [6.07, 6.45) is 5.83. The number of rotatable bonds is 8. The van der Waals surface area contributed by atoms with Crippen molar-refractivity contribution in [2.75, 3.05) is 7.11 Å². The van der Waals surface area contributed by atoms with Crippen LogP contribution in [0.4, 0.5) is 0 Å². The maximum atomic E-state index is 10.9. The molecule has 102 valence electrons. The molecule has 0 aromatic heterocycles. The molecule has 0 spiro atoms. The molecule has 0 radical (unpaired) electrons. The van der Waals surface area contributed by atoms with Gasteiger partial charge in [-0.2, -0.15) is 0 Å². The Labute approximate surface area is 106 Å². The van der Waals surface area contributed by atoms with E-state index in [0.717, 1.165) is 38.5 Å². The largest absolute Gasteiger partial charge is 0.469 e. The van der Waals surface area contributed by atoms with Crippen molar-refractivity contribution in [3.8, 4) is 0 Å². The molecule has 17 heavy (non-hydrogen) atoms. The first-order valence-corrected chi connectivity index (χ1v) is 6.60. The minimum Gasteiger partial charge on any atom is -0.469 e. The number of hydrogen-bond donors (Lipinski definition) is 1. The van der Waals surface area contributed by atoms with Crippen molar-refractivity contribution in [2.45, 2.75) is 71.8 Å². The van der Waals surface area contributed by atoms with Gasteiger partial charge >= 0.3 is 5.97 Å². The fourth-order valence-corrected chi connectivity index (χ4v) is 1.76. The van der Waals surface area contributed by atoms with Crippen LogP contribution in [-0.2, 0) is 9.53 Å². The van der Waals surface area contributed by atoms with Crippen molar-refractivity contribution in [3.63, 3.8) is 0 Å². The molecule has 0 bridgehead atoms. The predicted octanol–water partition coefficient (Wildman–Crippen LogP) is 3.30. The predicted molar refractivity (Wildman–Crippen MR) is 69.8 cm³/mol. The highest BCUT2D eigenvalue weighted by atomic mass is 16.5. The Bertz CT molecular complexity index is 206. The van der Waals surface area contributed by atoms with Crippen LogP contribution in [0.3, 0.4) is 0 Å². The standard InChI is InChI=1S/C14H28O3/c1-14(2,3)11-7-9-12(15)8-5-6-10-13(16)17-4/h12,15H,5-11H2,1-4H3/t12-/m1/s1. The fraction of sp³-hybridized carbons (Fsp3) is 0.929. The highest BCUT2D eigenvalue weighted by Crippen LogP contribution is 2.22. The zero-order chi connectivity index (χ0) is 13.3. The van der Waals surface area contributed by atoms with Gasteiger partial charge < -0.3 is 9.84 Å². The molecule has 0 aromatic rings. The van der Waals surface area contributed by atoms with E-state index in [2.05, 4.69) is 25.5 Å². The Hall–Kier alpha value is -0.570. The van der Waals surface area contributed by atoms with E-state index in [4.69, 9.17) is 0 Å². The first-order valence-electron chi connectivity index (χ1n) is 6.60. The summed E-state index contributed by atoms with van der Waals surface area (Å²) in [6, 6.07) is 0. The van der Waals surface area contributed by atoms with Crippen LogP contribution in [0.2, 0.25) is 0 Å². The summed E-state index contributed by atoms with van der Waals surface area (Å²) in [7, 11) is 1.41. The Balaban J connectivity index is 3.41. The molecular formula is C14H28O3. The quantitative estimate of drug-likeness (QED) is 0.526. The topological polar surface area (TPSA) is 46.5 Å². The van der Waals surface area contributed by atoms with Crippen LogP contribution >= 0.6 is 0 Å². The van der Waals surface area contributed by atoms with Gasteiger partial charge in [0.15, 0.2) is 0 Å². The molecule has 0 amide bonds. The molecule has 0 saturated carbocycles. The number of esters is 1. The third-order valence-corrected chi connectivity index (χ3v) is 2.86. The molecular weight excluding hydrogens is 216 g/mol. The summed E-state index contributed by atoms with van der Waals surface area (Å²) in [4.78, 5) is 10.9. The summed E-state index contributed by atoms with van der Waals surface area (Å²) in [5.41, 5.74) is 0.352. The van der Waals surface area contributed by atoms with E-state index in [1.807, 2.05) is 0 Å². The van der Waals surface area contributed by atoms with Gasteiger partial charge in [-0.05, 0) is 31.1 Å². The normalized spacial score (nSPS) is 13.5. The smallest absolute Gasteiger partial charge is 0.305 e. The van der Waals surface area contributed by atoms with E-state index in [-0.39, 0.29) is 12.1 Å². The average Bonchev–Trinajstić information content (AvgIpc) is 2.22. The highest BCUT2D eigenvalue weighted by Gasteiger charge is 2.11. The second kappa shape index (κ2) is 8.51. The van der Waals surface area contributed by atoms with Gasteiger partial charge in [0.05, 0.1) is 13.2 Å². The number of carbonyl (C=O) groups excluding carboxylic acids is 1. The Morgan fingerprint density at radius 3 is 2.29 bits per heavy atom. The van der Waals surface area contributed by atoms with Crippen LogP contribution in [-0.4, -0.2) is 24.3 Å². The lowest BCUT2D eigenvalue weighted by Gasteiger charge is -2.19. The van der Waals surface area contributed by atoms with Gasteiger partial charge in [0.2, 0.25) is 0 Å². The third kappa shape index (κ3) is 11.7. The van der Waals surface area contributed by atoms with Gasteiger partial charge in [0.1, 0.15) is 0 Å². The van der Waals surface area contributed by atoms with Crippen molar-refractivity contribution in [3.05, 3.63) is 0 Å². The molecule has 3 nitrogen and oxygen atoms in total. The summed E-state index contributed by atoms with van der Waals surface area (Å²) >= 11 is 0. The molecule has 0 saturated heterocycles. The molecule has 0 aliphatic carbocycles. The van der Waals surface area contributed by atoms with E-state index in [9.17, 15) is 9.90 Å². The van der Waals surface area contributed by atoms with E-state index in [0.29, 0.717) is 11.8 Å². The molecule has 0 aliphatic rings. The maximum Gasteiger partial charge on any atom is 0.305 e. The molecule has 0 fully saturated rings.